The Hall–Kier alpha value is -3.18. The van der Waals surface area contributed by atoms with Crippen LogP contribution in [0, 0.1) is 0 Å². The second-order valence-electron chi connectivity index (χ2n) is 5.20. The Labute approximate surface area is 168 Å². The molecule has 0 saturated carbocycles. The third-order valence-electron chi connectivity index (χ3n) is 2.29. The summed E-state index contributed by atoms with van der Waals surface area (Å²) in [6.07, 6.45) is 0.875. The van der Waals surface area contributed by atoms with Gasteiger partial charge in [-0.05, 0) is 20.3 Å². The van der Waals surface area contributed by atoms with E-state index in [1.165, 1.54) is 13.8 Å². The van der Waals surface area contributed by atoms with Crippen LogP contribution >= 0.6 is 0 Å². The second-order valence-corrected chi connectivity index (χ2v) is 5.20. The van der Waals surface area contributed by atoms with Crippen molar-refractivity contribution >= 4 is 11.9 Å². The lowest BCUT2D eigenvalue weighted by Crippen LogP contribution is -1.92. The van der Waals surface area contributed by atoms with Crippen LogP contribution < -0.4 is 0 Å². The number of aliphatic hydroxyl groups is 1. The van der Waals surface area contributed by atoms with Crippen molar-refractivity contribution in [2.24, 2.45) is 0 Å². The van der Waals surface area contributed by atoms with Gasteiger partial charge in [-0.25, -0.2) is 9.59 Å². The summed E-state index contributed by atoms with van der Waals surface area (Å²) in [4.78, 5) is 19.2. The largest absolute Gasteiger partial charge is 0.478 e. The molecule has 0 aliphatic carbocycles. The minimum Gasteiger partial charge on any atom is -0.478 e. The molecule has 0 atom stereocenters. The number of hydrogen-bond acceptors (Lipinski definition) is 3. The average molecular weight is 389 g/mol. The number of aliphatic hydroxyl groups excluding tert-OH is 1. The Morgan fingerprint density at radius 2 is 0.750 bits per heavy atom. The van der Waals surface area contributed by atoms with E-state index in [9.17, 15) is 9.59 Å². The van der Waals surface area contributed by atoms with E-state index in [1.807, 2.05) is 79.7 Å². The third kappa shape index (κ3) is 34.2. The summed E-state index contributed by atoms with van der Waals surface area (Å²) in [5, 5.41) is 23.7. The van der Waals surface area contributed by atoms with Gasteiger partial charge in [0.15, 0.2) is 0 Å². The Bertz CT molecular complexity index is 487. The van der Waals surface area contributed by atoms with Gasteiger partial charge in [-0.15, -0.1) is 0 Å². The molecule has 0 aliphatic rings. The van der Waals surface area contributed by atoms with Crippen molar-refractivity contribution in [2.45, 2.75) is 27.2 Å². The molecule has 0 radical (unpaired) electrons. The van der Waals surface area contributed by atoms with Gasteiger partial charge in [-0.1, -0.05) is 92.9 Å². The van der Waals surface area contributed by atoms with Crippen LogP contribution in [0.5, 0.6) is 0 Å². The fraction of sp³-hybridized carbons (Fsp3) is 0.217. The standard InChI is InChI=1S/2C6H6.2C4H6O2.C3H8O/c2*1-2-4-6-5-3-1;2*1-3(2)4(5)6;1-2-3-4/h2*1-6H;2*1H2,2H3,(H,5,6);4H,2-3H2,1H3. The van der Waals surface area contributed by atoms with E-state index in [-0.39, 0.29) is 11.1 Å². The van der Waals surface area contributed by atoms with Gasteiger partial charge < -0.3 is 15.3 Å². The minimum atomic E-state index is -0.935. The van der Waals surface area contributed by atoms with Crippen molar-refractivity contribution < 1.29 is 24.9 Å². The highest BCUT2D eigenvalue weighted by Gasteiger charge is 1.90. The summed E-state index contributed by atoms with van der Waals surface area (Å²) in [6, 6.07) is 24.0. The van der Waals surface area contributed by atoms with Gasteiger partial charge in [0.25, 0.3) is 0 Å². The predicted octanol–water partition coefficient (Wildman–Crippen LogP) is 5.06. The number of carbonyl (C=O) groups is 2. The fourth-order valence-electron chi connectivity index (χ4n) is 0.770. The smallest absolute Gasteiger partial charge is 0.330 e. The number of carboxylic acid groups (broad SMARTS) is 2. The molecular weight excluding hydrogens is 356 g/mol. The molecule has 0 aliphatic heterocycles. The predicted molar refractivity (Wildman–Crippen MR) is 115 cm³/mol. The summed E-state index contributed by atoms with van der Waals surface area (Å²) in [6.45, 7) is 11.5. The molecule has 2 aromatic rings. The topological polar surface area (TPSA) is 94.8 Å². The SMILES string of the molecule is C=C(C)C(=O)O.C=C(C)C(=O)O.CCCO.c1ccccc1.c1ccccc1. The normalized spacial score (nSPS) is 7.71. The summed E-state index contributed by atoms with van der Waals surface area (Å²) in [7, 11) is 0. The molecular formula is C23H32O5. The summed E-state index contributed by atoms with van der Waals surface area (Å²) >= 11 is 0. The van der Waals surface area contributed by atoms with Crippen LogP contribution in [0.25, 0.3) is 0 Å². The van der Waals surface area contributed by atoms with Crippen molar-refractivity contribution in [3.63, 3.8) is 0 Å². The van der Waals surface area contributed by atoms with Gasteiger partial charge in [0.05, 0.1) is 0 Å². The Balaban J connectivity index is -0.000000281. The molecule has 3 N–H and O–H groups in total. The van der Waals surface area contributed by atoms with E-state index in [1.54, 1.807) is 0 Å². The quantitative estimate of drug-likeness (QED) is 0.639. The molecule has 28 heavy (non-hydrogen) atoms. The van der Waals surface area contributed by atoms with Crippen molar-refractivity contribution in [1.29, 1.82) is 0 Å². The Morgan fingerprint density at radius 1 is 0.643 bits per heavy atom. The summed E-state index contributed by atoms with van der Waals surface area (Å²) in [5.41, 5.74) is 0.352. The Kier molecular flexibility index (Phi) is 25.2. The maximum atomic E-state index is 9.60. The van der Waals surface area contributed by atoms with Crippen molar-refractivity contribution in [2.75, 3.05) is 6.61 Å². The molecule has 5 heteroatoms. The van der Waals surface area contributed by atoms with Crippen LogP contribution in [0.2, 0.25) is 0 Å². The van der Waals surface area contributed by atoms with Gasteiger partial charge >= 0.3 is 11.9 Å². The summed E-state index contributed by atoms with van der Waals surface area (Å²) in [5.74, 6) is -1.87. The van der Waals surface area contributed by atoms with Crippen LogP contribution in [-0.2, 0) is 9.59 Å². The molecule has 0 spiro atoms. The first-order valence-electron chi connectivity index (χ1n) is 8.59. The Morgan fingerprint density at radius 3 is 0.786 bits per heavy atom. The van der Waals surface area contributed by atoms with E-state index in [2.05, 4.69) is 13.2 Å². The van der Waals surface area contributed by atoms with Gasteiger partial charge in [-0.3, -0.25) is 0 Å². The first-order chi connectivity index (χ1) is 13.2. The maximum Gasteiger partial charge on any atom is 0.330 e. The summed E-state index contributed by atoms with van der Waals surface area (Å²) < 4.78 is 0. The first-order valence-corrected chi connectivity index (χ1v) is 8.59. The fourth-order valence-corrected chi connectivity index (χ4v) is 0.770. The molecule has 0 bridgehead atoms. The number of rotatable bonds is 3. The number of benzene rings is 2. The highest BCUT2D eigenvalue weighted by atomic mass is 16.4. The molecule has 2 rings (SSSR count). The molecule has 0 saturated heterocycles. The van der Waals surface area contributed by atoms with Crippen LogP contribution in [0.3, 0.4) is 0 Å². The van der Waals surface area contributed by atoms with E-state index in [4.69, 9.17) is 15.3 Å². The average Bonchev–Trinajstić information content (AvgIpc) is 2.72. The third-order valence-corrected chi connectivity index (χ3v) is 2.29. The van der Waals surface area contributed by atoms with E-state index < -0.39 is 11.9 Å². The van der Waals surface area contributed by atoms with Crippen LogP contribution in [-0.4, -0.2) is 33.9 Å². The van der Waals surface area contributed by atoms with Crippen LogP contribution in [0.15, 0.2) is 97.1 Å². The molecule has 0 fully saturated rings. The van der Waals surface area contributed by atoms with Gasteiger partial charge in [-0.2, -0.15) is 0 Å². The van der Waals surface area contributed by atoms with Gasteiger partial charge in [0, 0.05) is 17.8 Å². The minimum absolute atomic E-state index is 0.176. The maximum absolute atomic E-state index is 9.60. The monoisotopic (exact) mass is 388 g/mol. The molecule has 154 valence electrons. The van der Waals surface area contributed by atoms with Crippen molar-refractivity contribution in [3.05, 3.63) is 97.1 Å². The lowest BCUT2D eigenvalue weighted by molar-refractivity contribution is -0.133. The van der Waals surface area contributed by atoms with E-state index in [0.29, 0.717) is 6.61 Å². The number of carboxylic acids is 2. The molecule has 2 aromatic carbocycles. The zero-order valence-electron chi connectivity index (χ0n) is 16.9. The molecule has 0 unspecified atom stereocenters. The molecule has 0 aromatic heterocycles. The first kappa shape index (κ1) is 29.6. The van der Waals surface area contributed by atoms with Crippen molar-refractivity contribution in [3.8, 4) is 0 Å². The lowest BCUT2D eigenvalue weighted by atomic mass is 10.4. The zero-order chi connectivity index (χ0) is 22.2. The lowest BCUT2D eigenvalue weighted by Gasteiger charge is -1.79. The zero-order valence-corrected chi connectivity index (χ0v) is 16.9. The highest BCUT2D eigenvalue weighted by Crippen LogP contribution is 1.82. The molecule has 0 heterocycles. The number of hydrogen-bond donors (Lipinski definition) is 3. The van der Waals surface area contributed by atoms with Crippen molar-refractivity contribution in [1.82, 2.24) is 0 Å². The van der Waals surface area contributed by atoms with E-state index in [0.717, 1.165) is 6.42 Å². The second kappa shape index (κ2) is 23.8. The molecule has 5 nitrogen and oxygen atoms in total. The van der Waals surface area contributed by atoms with Crippen LogP contribution in [0.1, 0.15) is 27.2 Å². The number of aliphatic carboxylic acids is 2. The van der Waals surface area contributed by atoms with Gasteiger partial charge in [0.1, 0.15) is 0 Å². The van der Waals surface area contributed by atoms with Crippen LogP contribution in [0.4, 0.5) is 0 Å². The van der Waals surface area contributed by atoms with E-state index >= 15 is 0 Å². The highest BCUT2D eigenvalue weighted by molar-refractivity contribution is 5.85. The molecule has 0 amide bonds. The van der Waals surface area contributed by atoms with Gasteiger partial charge in [0.2, 0.25) is 0 Å².